The van der Waals surface area contributed by atoms with Gasteiger partial charge < -0.3 is 0 Å². The predicted molar refractivity (Wildman–Crippen MR) is 63.8 cm³/mol. The normalized spacial score (nSPS) is 8.92. The molecule has 0 N–H and O–H groups in total. The third kappa shape index (κ3) is 6.45. The van der Waals surface area contributed by atoms with E-state index in [1.165, 1.54) is 8.46 Å². The fourth-order valence-corrected chi connectivity index (χ4v) is 0.759. The summed E-state index contributed by atoms with van der Waals surface area (Å²) in [5.74, 6) is 0. The van der Waals surface area contributed by atoms with Gasteiger partial charge >= 0.3 is 49.1 Å². The average Bonchev–Trinajstić information content (AvgIpc) is 2.38. The molecule has 0 aliphatic rings. The van der Waals surface area contributed by atoms with Gasteiger partial charge in [0.05, 0.1) is 7.05 Å². The van der Waals surface area contributed by atoms with Crippen LogP contribution in [0.5, 0.6) is 0 Å². The molecule has 0 unspecified atom stereocenters. The Balaban J connectivity index is 0.000000354. The van der Waals surface area contributed by atoms with Crippen molar-refractivity contribution < 1.29 is 13.0 Å². The first-order valence-electron chi connectivity index (χ1n) is 3.21. The van der Waals surface area contributed by atoms with Crippen LogP contribution >= 0.6 is 40.7 Å². The molecule has 0 aliphatic carbocycles. The summed E-state index contributed by atoms with van der Waals surface area (Å²) in [5, 5.41) is 0. The van der Waals surface area contributed by atoms with Crippen LogP contribution in [0.4, 0.5) is 0 Å². The monoisotopic (exact) mass is 433 g/mol. The minimum absolute atomic E-state index is 0.890. The van der Waals surface area contributed by atoms with Gasteiger partial charge in [0.1, 0.15) is 18.9 Å². The van der Waals surface area contributed by atoms with Crippen molar-refractivity contribution in [1.29, 1.82) is 0 Å². The van der Waals surface area contributed by atoms with Gasteiger partial charge in [0.25, 0.3) is 0 Å². The van der Waals surface area contributed by atoms with Crippen LogP contribution in [-0.4, -0.2) is 4.57 Å². The van der Waals surface area contributed by atoms with Crippen LogP contribution < -0.4 is 4.57 Å². The summed E-state index contributed by atoms with van der Waals surface area (Å²) >= 11 is 4.55. The molecule has 5 heteroatoms. The molecule has 1 aromatic rings. The maximum absolute atomic E-state index is 3.64. The molecule has 0 radical (unpaired) electrons. The zero-order valence-electron chi connectivity index (χ0n) is 6.73. The Bertz CT molecular complexity index is 225. The molecule has 2 nitrogen and oxygen atoms in total. The summed E-state index contributed by atoms with van der Waals surface area (Å²) in [6.45, 7) is 4.52. The van der Waals surface area contributed by atoms with Crippen LogP contribution in [0.25, 0.3) is 0 Å². The van der Waals surface area contributed by atoms with Gasteiger partial charge in [-0.1, -0.05) is 12.7 Å². The number of aromatic nitrogens is 2. The van der Waals surface area contributed by atoms with E-state index in [-0.39, 0.29) is 0 Å². The molecule has 0 fully saturated rings. The predicted octanol–water partition coefficient (Wildman–Crippen LogP) is 2.27. The second-order valence-corrected chi connectivity index (χ2v) is 11.4. The Morgan fingerprint density at radius 1 is 1.67 bits per heavy atom. The molecule has 0 aromatic carbocycles. The average molecular weight is 433 g/mol. The molecule has 0 spiro atoms. The van der Waals surface area contributed by atoms with Crippen LogP contribution in [0.15, 0.2) is 31.4 Å². The second kappa shape index (κ2) is 8.52. The van der Waals surface area contributed by atoms with Crippen molar-refractivity contribution in [2.75, 3.05) is 0 Å². The summed E-state index contributed by atoms with van der Waals surface area (Å²) in [6, 6.07) is 0. The van der Waals surface area contributed by atoms with E-state index < -0.39 is 0 Å². The Labute approximate surface area is 102 Å². The Hall–Kier alpha value is 0.929. The van der Waals surface area contributed by atoms with Crippen molar-refractivity contribution in [2.24, 2.45) is 7.05 Å². The Morgan fingerprint density at radius 2 is 2.25 bits per heavy atom. The van der Waals surface area contributed by atoms with Gasteiger partial charge in [0.15, 0.2) is 0 Å². The van der Waals surface area contributed by atoms with E-state index in [1.54, 1.807) is 0 Å². The fourth-order valence-electron chi connectivity index (χ4n) is 0.759. The van der Waals surface area contributed by atoms with E-state index in [4.69, 9.17) is 0 Å². The quantitative estimate of drug-likeness (QED) is 0.293. The second-order valence-electron chi connectivity index (χ2n) is 2.12. The van der Waals surface area contributed by atoms with Gasteiger partial charge in [0.2, 0.25) is 6.33 Å². The topological polar surface area (TPSA) is 8.81 Å². The molecule has 1 rings (SSSR count). The molecular weight excluding hydrogens is 422 g/mol. The fraction of sp³-hybridized carbons (Fsp3) is 0.286. The zero-order valence-corrected chi connectivity index (χ0v) is 12.1. The summed E-state index contributed by atoms with van der Waals surface area (Å²) in [5.41, 5.74) is 0. The SMILES string of the molecule is C=CCn1cc[n+](C)c1.[I][Fe][I]. The molecule has 0 saturated heterocycles. The molecule has 0 aliphatic heterocycles. The summed E-state index contributed by atoms with van der Waals surface area (Å²) in [7, 11) is 3.19. The van der Waals surface area contributed by atoms with Gasteiger partial charge in [0, 0.05) is 0 Å². The molecule has 1 heterocycles. The van der Waals surface area contributed by atoms with Crippen LogP contribution in [0, 0.1) is 0 Å². The molecule has 0 atom stereocenters. The third-order valence-corrected chi connectivity index (χ3v) is 1.16. The summed E-state index contributed by atoms with van der Waals surface area (Å²) in [6.07, 6.45) is 7.91. The van der Waals surface area contributed by atoms with E-state index >= 15 is 0 Å². The van der Waals surface area contributed by atoms with Gasteiger partial charge in [-0.2, -0.15) is 0 Å². The van der Waals surface area contributed by atoms with Crippen molar-refractivity contribution >= 4 is 40.7 Å². The van der Waals surface area contributed by atoms with E-state index in [0.29, 0.717) is 0 Å². The summed E-state index contributed by atoms with van der Waals surface area (Å²) in [4.78, 5) is 0. The molecule has 0 amide bonds. The first kappa shape index (κ1) is 12.9. The number of hydrogen-bond acceptors (Lipinski definition) is 0. The van der Waals surface area contributed by atoms with Crippen molar-refractivity contribution in [3.8, 4) is 0 Å². The molecule has 70 valence electrons. The molecule has 1 aromatic heterocycles. The van der Waals surface area contributed by atoms with Crippen molar-refractivity contribution in [3.63, 3.8) is 0 Å². The Kier molecular flexibility index (Phi) is 9.18. The van der Waals surface area contributed by atoms with Crippen LogP contribution in [0.1, 0.15) is 0 Å². The number of nitrogens with zero attached hydrogens (tertiary/aromatic N) is 2. The van der Waals surface area contributed by atoms with Gasteiger partial charge in [-0.25, -0.2) is 9.13 Å². The molecule has 0 bridgehead atoms. The number of allylic oxidation sites excluding steroid dienone is 1. The van der Waals surface area contributed by atoms with Crippen molar-refractivity contribution in [1.82, 2.24) is 4.57 Å². The van der Waals surface area contributed by atoms with Crippen LogP contribution in [-0.2, 0) is 22.0 Å². The molecular formula is C7H11FeI2N2+. The standard InChI is InChI=1S/C7H11N2.Fe.2HI/c1-3-4-9-6-5-8(2)7-9;;;/h3,5-7H,1,4H2,2H3;;2*1H/q+1;+2;;/p-2. The van der Waals surface area contributed by atoms with Gasteiger partial charge in [-0.15, -0.1) is 0 Å². The van der Waals surface area contributed by atoms with E-state index in [0.717, 1.165) is 6.54 Å². The number of aryl methyl sites for hydroxylation is 1. The van der Waals surface area contributed by atoms with Crippen molar-refractivity contribution in [3.05, 3.63) is 31.4 Å². The number of imidazole rings is 1. The number of hydrogen-bond donors (Lipinski definition) is 0. The van der Waals surface area contributed by atoms with E-state index in [1.807, 2.05) is 36.4 Å². The van der Waals surface area contributed by atoms with Crippen LogP contribution in [0.2, 0.25) is 0 Å². The molecule has 12 heavy (non-hydrogen) atoms. The van der Waals surface area contributed by atoms with E-state index in [9.17, 15) is 0 Å². The van der Waals surface area contributed by atoms with E-state index in [2.05, 4.69) is 51.8 Å². The Morgan fingerprint density at radius 3 is 2.58 bits per heavy atom. The zero-order chi connectivity index (χ0) is 9.40. The summed E-state index contributed by atoms with van der Waals surface area (Å²) < 4.78 is 4.07. The first-order valence-corrected chi connectivity index (χ1v) is 10.3. The first-order chi connectivity index (χ1) is 5.74. The van der Waals surface area contributed by atoms with Crippen LogP contribution in [0.3, 0.4) is 0 Å². The third-order valence-electron chi connectivity index (χ3n) is 1.16. The number of halogens is 2. The van der Waals surface area contributed by atoms with Gasteiger partial charge in [-0.3, -0.25) is 0 Å². The van der Waals surface area contributed by atoms with Crippen molar-refractivity contribution in [2.45, 2.75) is 6.54 Å². The minimum atomic E-state index is 0.890. The number of rotatable bonds is 2. The maximum atomic E-state index is 3.64. The van der Waals surface area contributed by atoms with Gasteiger partial charge in [-0.05, 0) is 0 Å². The molecule has 0 saturated carbocycles.